The van der Waals surface area contributed by atoms with Gasteiger partial charge in [0.05, 0.1) is 5.69 Å². The molecule has 36 heavy (non-hydrogen) atoms. The molecule has 3 heterocycles. The summed E-state index contributed by atoms with van der Waals surface area (Å²) < 4.78 is 1.45. The van der Waals surface area contributed by atoms with Gasteiger partial charge in [-0.05, 0) is 42.5 Å². The van der Waals surface area contributed by atoms with Crippen molar-refractivity contribution in [3.63, 3.8) is 0 Å². The van der Waals surface area contributed by atoms with Gasteiger partial charge in [-0.3, -0.25) is 14.8 Å². The number of piperidine rings is 1. The highest BCUT2D eigenvalue weighted by Crippen LogP contribution is 2.17. The molecule has 1 atom stereocenters. The Morgan fingerprint density at radius 2 is 1.86 bits per heavy atom. The van der Waals surface area contributed by atoms with Crippen LogP contribution in [0.5, 0.6) is 0 Å². The molecule has 194 valence electrons. The second kappa shape index (κ2) is 11.5. The van der Waals surface area contributed by atoms with Gasteiger partial charge >= 0.3 is 17.8 Å². The van der Waals surface area contributed by atoms with Crippen molar-refractivity contribution in [3.05, 3.63) is 52.6 Å². The van der Waals surface area contributed by atoms with Crippen molar-refractivity contribution in [2.24, 2.45) is 5.92 Å². The van der Waals surface area contributed by atoms with Crippen LogP contribution in [-0.2, 0) is 6.54 Å². The Bertz CT molecular complexity index is 1110. The van der Waals surface area contributed by atoms with Crippen LogP contribution in [-0.4, -0.2) is 81.4 Å². The van der Waals surface area contributed by atoms with Gasteiger partial charge in [-0.15, -0.1) is 0 Å². The third kappa shape index (κ3) is 6.41. The van der Waals surface area contributed by atoms with E-state index in [1.807, 2.05) is 24.3 Å². The largest absolute Gasteiger partial charge is 0.465 e. The maximum Gasteiger partial charge on any atom is 0.404 e. The highest BCUT2D eigenvalue weighted by molar-refractivity contribution is 5.88. The monoisotopic (exact) mass is 497 g/mol. The average molecular weight is 498 g/mol. The van der Waals surface area contributed by atoms with Gasteiger partial charge in [-0.2, -0.15) is 4.98 Å². The third-order valence-corrected chi connectivity index (χ3v) is 6.89. The third-order valence-electron chi connectivity index (χ3n) is 6.89. The molecule has 1 aromatic carbocycles. The number of urea groups is 1. The zero-order valence-corrected chi connectivity index (χ0v) is 20.8. The number of amides is 3. The number of hydrogen-bond donors (Lipinski definition) is 4. The van der Waals surface area contributed by atoms with Crippen LogP contribution >= 0.6 is 0 Å². The fourth-order valence-corrected chi connectivity index (χ4v) is 4.85. The van der Waals surface area contributed by atoms with Crippen molar-refractivity contribution in [3.8, 4) is 5.69 Å². The van der Waals surface area contributed by atoms with E-state index in [9.17, 15) is 14.4 Å². The van der Waals surface area contributed by atoms with Crippen LogP contribution in [0.3, 0.4) is 0 Å². The predicted octanol–water partition coefficient (Wildman–Crippen LogP) is 1.93. The predicted molar refractivity (Wildman–Crippen MR) is 137 cm³/mol. The van der Waals surface area contributed by atoms with Crippen LogP contribution < -0.4 is 21.6 Å². The SMILES string of the molecule is CC(C)C1CNCCN1C(=O)Nc1ccn(-c2ccc(CN3CCC(NC(=O)O)CC3)cc2)c(=O)n1. The number of anilines is 1. The summed E-state index contributed by atoms with van der Waals surface area (Å²) in [5, 5.41) is 17.5. The molecule has 2 fully saturated rings. The minimum atomic E-state index is -0.969. The molecule has 4 N–H and O–H groups in total. The molecule has 0 saturated carbocycles. The van der Waals surface area contributed by atoms with E-state index in [4.69, 9.17) is 5.11 Å². The number of benzene rings is 1. The van der Waals surface area contributed by atoms with Gasteiger partial charge < -0.3 is 20.6 Å². The van der Waals surface area contributed by atoms with Crippen LogP contribution in [0.2, 0.25) is 0 Å². The van der Waals surface area contributed by atoms with Gasteiger partial charge in [0.15, 0.2) is 0 Å². The highest BCUT2D eigenvalue weighted by atomic mass is 16.4. The number of nitrogens with one attached hydrogen (secondary N) is 3. The van der Waals surface area contributed by atoms with E-state index in [1.54, 1.807) is 17.2 Å². The van der Waals surface area contributed by atoms with Gasteiger partial charge in [-0.25, -0.2) is 14.4 Å². The Kier molecular flexibility index (Phi) is 8.21. The van der Waals surface area contributed by atoms with Crippen molar-refractivity contribution in [2.75, 3.05) is 38.0 Å². The van der Waals surface area contributed by atoms with Crippen LogP contribution in [0.4, 0.5) is 15.4 Å². The van der Waals surface area contributed by atoms with E-state index in [2.05, 4.69) is 39.7 Å². The van der Waals surface area contributed by atoms with Crippen LogP contribution in [0.25, 0.3) is 5.69 Å². The smallest absolute Gasteiger partial charge is 0.404 e. The molecule has 4 rings (SSSR count). The number of piperazine rings is 1. The Morgan fingerprint density at radius 1 is 1.14 bits per heavy atom. The summed E-state index contributed by atoms with van der Waals surface area (Å²) in [7, 11) is 0. The maximum absolute atomic E-state index is 12.8. The standard InChI is InChI=1S/C25H35N7O4/c1-17(2)21-15-26-10-14-32(21)24(34)29-22-9-13-31(23(33)28-22)20-5-3-18(4-6-20)16-30-11-7-19(8-12-30)27-25(35)36/h3-6,9,13,17,19,21,26-27H,7-8,10-12,14-16H2,1-2H3,(H,35,36)(H,28,29,33,34). The molecule has 2 aliphatic heterocycles. The lowest BCUT2D eigenvalue weighted by Gasteiger charge is -2.38. The van der Waals surface area contributed by atoms with Gasteiger partial charge in [0.1, 0.15) is 5.82 Å². The molecule has 1 aromatic heterocycles. The number of likely N-dealkylation sites (tertiary alicyclic amines) is 1. The molecule has 11 heteroatoms. The molecule has 0 spiro atoms. The normalized spacial score (nSPS) is 19.3. The lowest BCUT2D eigenvalue weighted by atomic mass is 10.0. The summed E-state index contributed by atoms with van der Waals surface area (Å²) in [4.78, 5) is 44.5. The molecule has 0 radical (unpaired) electrons. The summed E-state index contributed by atoms with van der Waals surface area (Å²) in [6, 6.07) is 9.21. The molecular formula is C25H35N7O4. The number of nitrogens with zero attached hydrogens (tertiary/aromatic N) is 4. The zero-order valence-electron chi connectivity index (χ0n) is 20.8. The molecule has 0 aliphatic carbocycles. The van der Waals surface area contributed by atoms with Crippen molar-refractivity contribution in [2.45, 2.75) is 45.3 Å². The first-order chi connectivity index (χ1) is 17.3. The Balaban J connectivity index is 1.35. The molecule has 11 nitrogen and oxygen atoms in total. The lowest BCUT2D eigenvalue weighted by molar-refractivity contribution is 0.147. The minimum Gasteiger partial charge on any atom is -0.465 e. The average Bonchev–Trinajstić information content (AvgIpc) is 2.85. The lowest BCUT2D eigenvalue weighted by Crippen LogP contribution is -2.56. The summed E-state index contributed by atoms with van der Waals surface area (Å²) >= 11 is 0. The molecule has 3 amide bonds. The fraction of sp³-hybridized carbons (Fsp3) is 0.520. The fourth-order valence-electron chi connectivity index (χ4n) is 4.85. The first-order valence-corrected chi connectivity index (χ1v) is 12.5. The number of hydrogen-bond acceptors (Lipinski definition) is 6. The maximum atomic E-state index is 12.8. The minimum absolute atomic E-state index is 0.0155. The van der Waals surface area contributed by atoms with Gasteiger partial charge in [0, 0.05) is 57.5 Å². The van der Waals surface area contributed by atoms with E-state index in [-0.39, 0.29) is 23.9 Å². The summed E-state index contributed by atoms with van der Waals surface area (Å²) in [6.07, 6.45) is 2.24. The molecule has 0 bridgehead atoms. The van der Waals surface area contributed by atoms with Crippen LogP contribution in [0.15, 0.2) is 41.3 Å². The quantitative estimate of drug-likeness (QED) is 0.479. The van der Waals surface area contributed by atoms with Crippen molar-refractivity contribution >= 4 is 17.9 Å². The number of carboxylic acid groups (broad SMARTS) is 1. The summed E-state index contributed by atoms with van der Waals surface area (Å²) in [5.41, 5.74) is 1.35. The van der Waals surface area contributed by atoms with E-state index in [0.717, 1.165) is 51.1 Å². The summed E-state index contributed by atoms with van der Waals surface area (Å²) in [5.74, 6) is 0.549. The van der Waals surface area contributed by atoms with Gasteiger partial charge in [0.2, 0.25) is 0 Å². The number of aromatic nitrogens is 2. The van der Waals surface area contributed by atoms with Gasteiger partial charge in [-0.1, -0.05) is 26.0 Å². The van der Waals surface area contributed by atoms with Crippen molar-refractivity contribution < 1.29 is 14.7 Å². The number of rotatable bonds is 6. The molecule has 2 aromatic rings. The van der Waals surface area contributed by atoms with Crippen LogP contribution in [0.1, 0.15) is 32.3 Å². The number of carbonyl (C=O) groups excluding carboxylic acids is 1. The molecule has 2 saturated heterocycles. The Hall–Kier alpha value is -3.44. The second-order valence-corrected chi connectivity index (χ2v) is 9.77. The zero-order chi connectivity index (χ0) is 25.7. The molecular weight excluding hydrogens is 462 g/mol. The second-order valence-electron chi connectivity index (χ2n) is 9.77. The van der Waals surface area contributed by atoms with Gasteiger partial charge in [0.25, 0.3) is 0 Å². The number of carbonyl (C=O) groups is 2. The first-order valence-electron chi connectivity index (χ1n) is 12.5. The van der Waals surface area contributed by atoms with Crippen LogP contribution in [0, 0.1) is 5.92 Å². The Labute approximate surface area is 210 Å². The highest BCUT2D eigenvalue weighted by Gasteiger charge is 2.29. The first kappa shape index (κ1) is 25.6. The van der Waals surface area contributed by atoms with E-state index in [1.165, 1.54) is 4.57 Å². The van der Waals surface area contributed by atoms with E-state index >= 15 is 0 Å². The van der Waals surface area contributed by atoms with Crippen molar-refractivity contribution in [1.82, 2.24) is 30.0 Å². The topological polar surface area (TPSA) is 132 Å². The van der Waals surface area contributed by atoms with E-state index < -0.39 is 11.8 Å². The van der Waals surface area contributed by atoms with Crippen molar-refractivity contribution in [1.29, 1.82) is 0 Å². The molecule has 1 unspecified atom stereocenters. The summed E-state index contributed by atoms with van der Waals surface area (Å²) in [6.45, 7) is 8.69. The Morgan fingerprint density at radius 3 is 2.50 bits per heavy atom. The van der Waals surface area contributed by atoms with E-state index in [0.29, 0.717) is 18.2 Å². The molecule has 2 aliphatic rings.